The number of halogens is 1. The molecular weight excluding hydrogens is 576 g/mol. The van der Waals surface area contributed by atoms with Gasteiger partial charge in [-0.1, -0.05) is 35.5 Å². The van der Waals surface area contributed by atoms with Crippen molar-refractivity contribution in [3.05, 3.63) is 81.5 Å². The average Bonchev–Trinajstić information content (AvgIpc) is 3.38. The van der Waals surface area contributed by atoms with Gasteiger partial charge in [0.25, 0.3) is 5.91 Å². The van der Waals surface area contributed by atoms with Crippen molar-refractivity contribution in [3.63, 3.8) is 0 Å². The van der Waals surface area contributed by atoms with E-state index < -0.39 is 6.04 Å². The van der Waals surface area contributed by atoms with E-state index >= 15 is 0 Å². The summed E-state index contributed by atoms with van der Waals surface area (Å²) >= 11 is 7.84. The molecule has 0 aliphatic carbocycles. The summed E-state index contributed by atoms with van der Waals surface area (Å²) in [6, 6.07) is 13.9. The number of benzene rings is 2. The third-order valence-electron chi connectivity index (χ3n) is 7.48. The van der Waals surface area contributed by atoms with Gasteiger partial charge in [0.05, 0.1) is 43.4 Å². The number of thioether (sulfide) groups is 1. The van der Waals surface area contributed by atoms with Crippen LogP contribution in [0.4, 0.5) is 5.69 Å². The van der Waals surface area contributed by atoms with Crippen LogP contribution >= 0.6 is 23.4 Å². The number of carbonyl (C=O) groups is 3. The van der Waals surface area contributed by atoms with E-state index in [1.807, 2.05) is 35.4 Å². The number of fused-ring (bicyclic) bond motifs is 1. The molecule has 11 heteroatoms. The number of amidine groups is 1. The van der Waals surface area contributed by atoms with E-state index in [1.54, 1.807) is 49.3 Å². The SMILES string of the molecule is CCOC(=O)[C@@H]1CCCN(C(=O)CC2=CSC3=NC(C)=C(C(=O)Nc4ccc(OC)cc4)[C@H](c4cccc(Cl)c4)N23)C1. The highest BCUT2D eigenvalue weighted by molar-refractivity contribution is 8.16. The van der Waals surface area contributed by atoms with Crippen LogP contribution < -0.4 is 10.1 Å². The minimum Gasteiger partial charge on any atom is -0.497 e. The number of hydrogen-bond acceptors (Lipinski definition) is 8. The number of anilines is 1. The highest BCUT2D eigenvalue weighted by Gasteiger charge is 2.41. The fourth-order valence-electron chi connectivity index (χ4n) is 5.45. The summed E-state index contributed by atoms with van der Waals surface area (Å²) < 4.78 is 10.4. The largest absolute Gasteiger partial charge is 0.497 e. The van der Waals surface area contributed by atoms with Gasteiger partial charge in [-0.2, -0.15) is 0 Å². The molecule has 220 valence electrons. The first-order valence-electron chi connectivity index (χ1n) is 13.9. The van der Waals surface area contributed by atoms with Gasteiger partial charge in [-0.25, -0.2) is 4.99 Å². The van der Waals surface area contributed by atoms with Gasteiger partial charge in [0.1, 0.15) is 5.75 Å². The van der Waals surface area contributed by atoms with Crippen LogP contribution in [0.5, 0.6) is 5.75 Å². The molecule has 3 aliphatic heterocycles. The number of nitrogens with one attached hydrogen (secondary N) is 1. The third kappa shape index (κ3) is 6.34. The number of carbonyl (C=O) groups excluding carboxylic acids is 3. The Labute approximate surface area is 254 Å². The van der Waals surface area contributed by atoms with E-state index in [1.165, 1.54) is 11.8 Å². The first kappa shape index (κ1) is 29.7. The van der Waals surface area contributed by atoms with Crippen LogP contribution in [0.3, 0.4) is 0 Å². The van der Waals surface area contributed by atoms with Crippen molar-refractivity contribution in [2.45, 2.75) is 39.2 Å². The molecule has 1 N–H and O–H groups in total. The minimum atomic E-state index is -0.558. The average molecular weight is 609 g/mol. The number of amides is 2. The van der Waals surface area contributed by atoms with E-state index in [-0.39, 0.29) is 30.1 Å². The molecule has 2 amide bonds. The van der Waals surface area contributed by atoms with E-state index in [0.717, 1.165) is 17.7 Å². The van der Waals surface area contributed by atoms with Gasteiger partial charge < -0.3 is 24.6 Å². The number of nitrogens with zero attached hydrogens (tertiary/aromatic N) is 3. The first-order chi connectivity index (χ1) is 20.3. The van der Waals surface area contributed by atoms with E-state index in [2.05, 4.69) is 5.32 Å². The lowest BCUT2D eigenvalue weighted by Gasteiger charge is -2.37. The molecule has 0 spiro atoms. The monoisotopic (exact) mass is 608 g/mol. The predicted molar refractivity (Wildman–Crippen MR) is 164 cm³/mol. The van der Waals surface area contributed by atoms with Crippen LogP contribution in [-0.2, 0) is 19.1 Å². The molecule has 1 saturated heterocycles. The predicted octanol–water partition coefficient (Wildman–Crippen LogP) is 5.75. The molecule has 0 unspecified atom stereocenters. The zero-order valence-electron chi connectivity index (χ0n) is 23.8. The first-order valence-corrected chi connectivity index (χ1v) is 15.1. The molecule has 0 bridgehead atoms. The molecule has 9 nitrogen and oxygen atoms in total. The number of piperidine rings is 1. The Hall–Kier alpha value is -3.76. The Kier molecular flexibility index (Phi) is 9.23. The van der Waals surface area contributed by atoms with E-state index in [0.29, 0.717) is 59.0 Å². The molecule has 3 heterocycles. The van der Waals surface area contributed by atoms with E-state index in [9.17, 15) is 14.4 Å². The van der Waals surface area contributed by atoms with Gasteiger partial charge in [-0.15, -0.1) is 0 Å². The smallest absolute Gasteiger partial charge is 0.310 e. The topological polar surface area (TPSA) is 101 Å². The van der Waals surface area contributed by atoms with Gasteiger partial charge in [-0.05, 0) is 74.1 Å². The van der Waals surface area contributed by atoms with Gasteiger partial charge in [0.2, 0.25) is 5.91 Å². The van der Waals surface area contributed by atoms with Crippen molar-refractivity contribution in [2.24, 2.45) is 10.9 Å². The number of aliphatic imine (C=N–C) groups is 1. The highest BCUT2D eigenvalue weighted by Crippen LogP contribution is 2.45. The van der Waals surface area contributed by atoms with Crippen molar-refractivity contribution in [1.29, 1.82) is 0 Å². The lowest BCUT2D eigenvalue weighted by molar-refractivity contribution is -0.151. The second-order valence-corrected chi connectivity index (χ2v) is 11.5. The summed E-state index contributed by atoms with van der Waals surface area (Å²) in [7, 11) is 1.59. The Balaban J connectivity index is 1.42. The molecule has 5 rings (SSSR count). The summed E-state index contributed by atoms with van der Waals surface area (Å²) in [4.78, 5) is 48.2. The summed E-state index contributed by atoms with van der Waals surface area (Å²) in [6.07, 6.45) is 1.55. The minimum absolute atomic E-state index is 0.0857. The highest BCUT2D eigenvalue weighted by atomic mass is 35.5. The van der Waals surface area contributed by atoms with Crippen molar-refractivity contribution >= 4 is 52.0 Å². The molecule has 0 aromatic heterocycles. The second kappa shape index (κ2) is 13.0. The summed E-state index contributed by atoms with van der Waals surface area (Å²) in [5.74, 6) is -0.285. The molecule has 3 aliphatic rings. The van der Waals surface area contributed by atoms with E-state index in [4.69, 9.17) is 26.1 Å². The lowest BCUT2D eigenvalue weighted by atomic mass is 9.93. The zero-order chi connectivity index (χ0) is 29.8. The Morgan fingerprint density at radius 3 is 2.67 bits per heavy atom. The van der Waals surface area contributed by atoms with Gasteiger partial charge in [-0.3, -0.25) is 14.4 Å². The van der Waals surface area contributed by atoms with Crippen molar-refractivity contribution in [3.8, 4) is 5.75 Å². The molecule has 0 saturated carbocycles. The fraction of sp³-hybridized carbons (Fsp3) is 0.355. The quantitative estimate of drug-likeness (QED) is 0.381. The molecule has 1 fully saturated rings. The number of rotatable bonds is 8. The van der Waals surface area contributed by atoms with Crippen LogP contribution in [0.15, 0.2) is 75.9 Å². The Morgan fingerprint density at radius 2 is 1.95 bits per heavy atom. The maximum atomic E-state index is 13.8. The molecule has 42 heavy (non-hydrogen) atoms. The molecular formula is C31H33ClN4O5S. The molecule has 2 aromatic carbocycles. The van der Waals surface area contributed by atoms with Crippen molar-refractivity contribution < 1.29 is 23.9 Å². The molecule has 2 atom stereocenters. The molecule has 2 aromatic rings. The zero-order valence-corrected chi connectivity index (χ0v) is 25.3. The Morgan fingerprint density at radius 1 is 1.17 bits per heavy atom. The number of ether oxygens (including phenoxy) is 2. The standard InChI is InChI=1S/C31H33ClN4O5S/c1-4-41-30(39)21-8-6-14-35(17-21)26(37)16-24-18-42-31-33-19(2)27(28(36(24)31)20-7-5-9-22(32)15-20)29(38)34-23-10-12-25(40-3)13-11-23/h5,7,9-13,15,18,21,28H,4,6,8,14,16-17H2,1-3H3,(H,34,38)/t21-,28+/m1/s1. The number of hydrogen-bond donors (Lipinski definition) is 1. The lowest BCUT2D eigenvalue weighted by Crippen LogP contribution is -2.44. The van der Waals surface area contributed by atoms with Crippen LogP contribution in [0, 0.1) is 5.92 Å². The maximum Gasteiger partial charge on any atom is 0.310 e. The van der Waals surface area contributed by atoms with Crippen molar-refractivity contribution in [1.82, 2.24) is 9.80 Å². The van der Waals surface area contributed by atoms with Gasteiger partial charge in [0.15, 0.2) is 5.17 Å². The third-order valence-corrected chi connectivity index (χ3v) is 8.61. The molecule has 0 radical (unpaired) electrons. The van der Waals surface area contributed by atoms with Gasteiger partial charge >= 0.3 is 5.97 Å². The Bertz CT molecular complexity index is 1470. The number of esters is 1. The summed E-state index contributed by atoms with van der Waals surface area (Å²) in [5.41, 5.74) is 3.19. The number of allylic oxidation sites excluding steroid dienone is 1. The van der Waals surface area contributed by atoms with Crippen LogP contribution in [0.1, 0.15) is 44.7 Å². The fourth-order valence-corrected chi connectivity index (χ4v) is 6.61. The van der Waals surface area contributed by atoms with Crippen molar-refractivity contribution in [2.75, 3.05) is 32.1 Å². The maximum absolute atomic E-state index is 13.8. The van der Waals surface area contributed by atoms with Gasteiger partial charge in [0, 0.05) is 29.5 Å². The number of likely N-dealkylation sites (tertiary alicyclic amines) is 1. The van der Waals surface area contributed by atoms with Crippen LogP contribution in [0.2, 0.25) is 5.02 Å². The van der Waals surface area contributed by atoms with Crippen LogP contribution in [0.25, 0.3) is 0 Å². The summed E-state index contributed by atoms with van der Waals surface area (Å²) in [6.45, 7) is 4.84. The summed E-state index contributed by atoms with van der Waals surface area (Å²) in [5, 5.41) is 6.13. The van der Waals surface area contributed by atoms with Crippen LogP contribution in [-0.4, -0.2) is 59.6 Å². The normalized spacial score (nSPS) is 20.0. The second-order valence-electron chi connectivity index (χ2n) is 10.2. The number of methoxy groups -OCH3 is 1.